The molecule has 1 unspecified atom stereocenters. The Balaban J connectivity index is 1.79. The molecule has 30 heavy (non-hydrogen) atoms. The molecule has 9 heteroatoms. The quantitative estimate of drug-likeness (QED) is 0.729. The third kappa shape index (κ3) is 4.73. The van der Waals surface area contributed by atoms with Crippen LogP contribution in [0.4, 0.5) is 11.4 Å². The van der Waals surface area contributed by atoms with E-state index in [0.29, 0.717) is 28.3 Å². The standard InChI is InChI=1S/C21H24N2O6S/c1-4-28-21(25)15-9-10-16(14(2)13-15)22-20(24)19-11-12-23(30(3,26)27)17-7-5-6-8-18(17)29-19/h5-10,13,19H,4,11-12H2,1-3H3,(H,22,24). The SMILES string of the molecule is CCOC(=O)c1ccc(NC(=O)C2CCN(S(C)(=O)=O)c3ccccc3O2)c(C)c1. The van der Waals surface area contributed by atoms with E-state index < -0.39 is 28.0 Å². The van der Waals surface area contributed by atoms with Crippen LogP contribution in [0.1, 0.15) is 29.3 Å². The molecule has 1 aliphatic rings. The van der Waals surface area contributed by atoms with E-state index in [-0.39, 0.29) is 19.6 Å². The molecule has 1 heterocycles. The van der Waals surface area contributed by atoms with Gasteiger partial charge in [0.1, 0.15) is 5.75 Å². The topological polar surface area (TPSA) is 102 Å². The zero-order valence-electron chi connectivity index (χ0n) is 17.0. The van der Waals surface area contributed by atoms with E-state index in [9.17, 15) is 18.0 Å². The molecule has 1 N–H and O–H groups in total. The number of carbonyl (C=O) groups is 2. The van der Waals surface area contributed by atoms with Crippen LogP contribution in [0.5, 0.6) is 5.75 Å². The number of hydrogen-bond donors (Lipinski definition) is 1. The van der Waals surface area contributed by atoms with Gasteiger partial charge in [-0.25, -0.2) is 13.2 Å². The number of rotatable bonds is 5. The zero-order valence-corrected chi connectivity index (χ0v) is 17.9. The fraction of sp³-hybridized carbons (Fsp3) is 0.333. The molecule has 0 spiro atoms. The number of esters is 1. The minimum atomic E-state index is -3.52. The maximum Gasteiger partial charge on any atom is 0.338 e. The second-order valence-electron chi connectivity index (χ2n) is 6.94. The molecule has 0 aliphatic carbocycles. The molecule has 1 aliphatic heterocycles. The second kappa shape index (κ2) is 8.74. The number of aryl methyl sites for hydroxylation is 1. The van der Waals surface area contributed by atoms with Crippen molar-refractivity contribution in [1.82, 2.24) is 0 Å². The summed E-state index contributed by atoms with van der Waals surface area (Å²) in [7, 11) is -3.52. The van der Waals surface area contributed by atoms with E-state index in [2.05, 4.69) is 5.32 Å². The Kier molecular flexibility index (Phi) is 6.31. The first-order valence-electron chi connectivity index (χ1n) is 9.52. The van der Waals surface area contributed by atoms with E-state index in [1.807, 2.05) is 0 Å². The van der Waals surface area contributed by atoms with Gasteiger partial charge < -0.3 is 14.8 Å². The molecular weight excluding hydrogens is 408 g/mol. The molecule has 0 bridgehead atoms. The molecule has 2 aromatic rings. The van der Waals surface area contributed by atoms with Crippen LogP contribution in [0, 0.1) is 6.92 Å². The maximum atomic E-state index is 12.9. The number of benzene rings is 2. The van der Waals surface area contributed by atoms with Crippen molar-refractivity contribution < 1.29 is 27.5 Å². The molecule has 1 amide bonds. The van der Waals surface area contributed by atoms with Gasteiger partial charge in [0.05, 0.1) is 24.1 Å². The average Bonchev–Trinajstić information content (AvgIpc) is 2.89. The minimum Gasteiger partial charge on any atom is -0.478 e. The van der Waals surface area contributed by atoms with Gasteiger partial charge >= 0.3 is 5.97 Å². The molecule has 2 aromatic carbocycles. The number of ether oxygens (including phenoxy) is 2. The molecule has 0 aromatic heterocycles. The third-order valence-corrected chi connectivity index (χ3v) is 5.87. The first-order valence-corrected chi connectivity index (χ1v) is 11.4. The van der Waals surface area contributed by atoms with Crippen molar-refractivity contribution >= 4 is 33.3 Å². The molecule has 1 atom stereocenters. The highest BCUT2D eigenvalue weighted by molar-refractivity contribution is 7.92. The van der Waals surface area contributed by atoms with Crippen molar-refractivity contribution in [3.63, 3.8) is 0 Å². The maximum absolute atomic E-state index is 12.9. The molecule has 0 fully saturated rings. The van der Waals surface area contributed by atoms with Crippen molar-refractivity contribution in [3.8, 4) is 5.75 Å². The number of nitrogens with one attached hydrogen (secondary N) is 1. The summed E-state index contributed by atoms with van der Waals surface area (Å²) in [4.78, 5) is 24.7. The fourth-order valence-corrected chi connectivity index (χ4v) is 4.16. The number of para-hydroxylation sites is 2. The van der Waals surface area contributed by atoms with Gasteiger partial charge in [-0.15, -0.1) is 0 Å². The van der Waals surface area contributed by atoms with Crippen molar-refractivity contribution in [3.05, 3.63) is 53.6 Å². The highest BCUT2D eigenvalue weighted by Gasteiger charge is 2.31. The van der Waals surface area contributed by atoms with Gasteiger partial charge in [-0.05, 0) is 49.7 Å². The van der Waals surface area contributed by atoms with Crippen molar-refractivity contribution in [1.29, 1.82) is 0 Å². The lowest BCUT2D eigenvalue weighted by Crippen LogP contribution is -2.36. The summed E-state index contributed by atoms with van der Waals surface area (Å²) < 4.78 is 36.4. The number of fused-ring (bicyclic) bond motifs is 1. The fourth-order valence-electron chi connectivity index (χ4n) is 3.22. The zero-order chi connectivity index (χ0) is 21.9. The number of anilines is 2. The van der Waals surface area contributed by atoms with Gasteiger partial charge in [-0.1, -0.05) is 12.1 Å². The average molecular weight is 432 g/mol. The van der Waals surface area contributed by atoms with E-state index in [0.717, 1.165) is 6.26 Å². The molecule has 3 rings (SSSR count). The summed E-state index contributed by atoms with van der Waals surface area (Å²) >= 11 is 0. The summed E-state index contributed by atoms with van der Waals surface area (Å²) in [6.45, 7) is 3.90. The largest absolute Gasteiger partial charge is 0.478 e. The molecule has 0 radical (unpaired) electrons. The van der Waals surface area contributed by atoms with Crippen LogP contribution in [0.3, 0.4) is 0 Å². The van der Waals surface area contributed by atoms with E-state index in [4.69, 9.17) is 9.47 Å². The van der Waals surface area contributed by atoms with Crippen LogP contribution in [0.2, 0.25) is 0 Å². The van der Waals surface area contributed by atoms with Gasteiger partial charge in [0.25, 0.3) is 5.91 Å². The predicted octanol–water partition coefficient (Wildman–Crippen LogP) is 2.73. The smallest absolute Gasteiger partial charge is 0.338 e. The molecular formula is C21H24N2O6S. The number of sulfonamides is 1. The lowest BCUT2D eigenvalue weighted by atomic mass is 10.1. The van der Waals surface area contributed by atoms with Gasteiger partial charge in [0, 0.05) is 18.7 Å². The summed E-state index contributed by atoms with van der Waals surface area (Å²) in [5.41, 5.74) is 2.04. The van der Waals surface area contributed by atoms with Crippen LogP contribution >= 0.6 is 0 Å². The van der Waals surface area contributed by atoms with E-state index in [1.165, 1.54) is 4.31 Å². The third-order valence-electron chi connectivity index (χ3n) is 4.69. The first kappa shape index (κ1) is 21.6. The van der Waals surface area contributed by atoms with Gasteiger partial charge in [-0.2, -0.15) is 0 Å². The van der Waals surface area contributed by atoms with Gasteiger partial charge in [-0.3, -0.25) is 9.10 Å². The molecule has 0 saturated heterocycles. The van der Waals surface area contributed by atoms with Crippen LogP contribution in [0.15, 0.2) is 42.5 Å². The molecule has 8 nitrogen and oxygen atoms in total. The number of carbonyl (C=O) groups excluding carboxylic acids is 2. The first-order chi connectivity index (χ1) is 14.2. The highest BCUT2D eigenvalue weighted by atomic mass is 32.2. The summed E-state index contributed by atoms with van der Waals surface area (Å²) in [5.74, 6) is -0.495. The van der Waals surface area contributed by atoms with Gasteiger partial charge in [0.15, 0.2) is 6.10 Å². The van der Waals surface area contributed by atoms with Crippen LogP contribution < -0.4 is 14.4 Å². The Labute approximate surface area is 175 Å². The number of amides is 1. The molecule has 160 valence electrons. The van der Waals surface area contributed by atoms with Crippen LogP contribution in [-0.4, -0.2) is 45.8 Å². The number of hydrogen-bond acceptors (Lipinski definition) is 6. The van der Waals surface area contributed by atoms with Crippen LogP contribution in [-0.2, 0) is 19.6 Å². The predicted molar refractivity (Wildman–Crippen MR) is 113 cm³/mol. The summed E-state index contributed by atoms with van der Waals surface area (Å²) in [6.07, 6.45) is 0.439. The lowest BCUT2D eigenvalue weighted by Gasteiger charge is -2.20. The number of nitrogens with zero attached hydrogens (tertiary/aromatic N) is 1. The normalized spacial score (nSPS) is 16.1. The Morgan fingerprint density at radius 2 is 1.97 bits per heavy atom. The van der Waals surface area contributed by atoms with E-state index in [1.54, 1.807) is 56.3 Å². The Morgan fingerprint density at radius 1 is 1.23 bits per heavy atom. The second-order valence-corrected chi connectivity index (χ2v) is 8.84. The lowest BCUT2D eigenvalue weighted by molar-refractivity contribution is -0.122. The van der Waals surface area contributed by atoms with Crippen LogP contribution in [0.25, 0.3) is 0 Å². The molecule has 0 saturated carbocycles. The Bertz CT molecular complexity index is 1070. The summed E-state index contributed by atoms with van der Waals surface area (Å²) in [5, 5.41) is 2.81. The Morgan fingerprint density at radius 3 is 2.63 bits per heavy atom. The van der Waals surface area contributed by atoms with Crippen molar-refractivity contribution in [2.75, 3.05) is 29.0 Å². The minimum absolute atomic E-state index is 0.120. The summed E-state index contributed by atoms with van der Waals surface area (Å²) in [6, 6.07) is 11.6. The van der Waals surface area contributed by atoms with Crippen molar-refractivity contribution in [2.45, 2.75) is 26.4 Å². The van der Waals surface area contributed by atoms with Crippen molar-refractivity contribution in [2.24, 2.45) is 0 Å². The highest BCUT2D eigenvalue weighted by Crippen LogP contribution is 2.34. The Hall–Kier alpha value is -3.07. The van der Waals surface area contributed by atoms with E-state index >= 15 is 0 Å². The van der Waals surface area contributed by atoms with Gasteiger partial charge in [0.2, 0.25) is 10.0 Å². The monoisotopic (exact) mass is 432 g/mol.